The fourth-order valence-electron chi connectivity index (χ4n) is 8.49. The number of hydrogen-bond donors (Lipinski definition) is 0. The summed E-state index contributed by atoms with van der Waals surface area (Å²) in [6, 6.07) is 47.7. The molecule has 0 heteroatoms. The van der Waals surface area contributed by atoms with Crippen molar-refractivity contribution in [3.8, 4) is 33.4 Å². The van der Waals surface area contributed by atoms with Crippen molar-refractivity contribution in [2.45, 2.75) is 124 Å². The van der Waals surface area contributed by atoms with Crippen molar-refractivity contribution in [2.75, 3.05) is 0 Å². The van der Waals surface area contributed by atoms with Crippen molar-refractivity contribution < 1.29 is 0 Å². The van der Waals surface area contributed by atoms with Crippen LogP contribution in [0.3, 0.4) is 0 Å². The molecule has 0 fully saturated rings. The summed E-state index contributed by atoms with van der Waals surface area (Å²) in [6.07, 6.45) is 0. The van der Waals surface area contributed by atoms with Crippen LogP contribution in [0, 0.1) is 13.8 Å². The molecular formula is C55H62. The fraction of sp³-hybridized carbons (Fsp3) is 0.345. The molecule has 1 aliphatic carbocycles. The highest BCUT2D eigenvalue weighted by molar-refractivity contribution is 5.87. The van der Waals surface area contributed by atoms with Crippen molar-refractivity contribution in [1.82, 2.24) is 0 Å². The predicted octanol–water partition coefficient (Wildman–Crippen LogP) is 15.2. The van der Waals surface area contributed by atoms with Gasteiger partial charge >= 0.3 is 0 Å². The molecule has 0 bridgehead atoms. The first-order valence-electron chi connectivity index (χ1n) is 20.3. The third-order valence-corrected chi connectivity index (χ3v) is 12.1. The maximum atomic E-state index is 2.44. The maximum Gasteiger partial charge on any atom is 0.0713 e. The highest BCUT2D eigenvalue weighted by Gasteiger charge is 2.46. The minimum absolute atomic E-state index is 0.0571. The average Bonchev–Trinajstić information content (AvgIpc) is 3.39. The van der Waals surface area contributed by atoms with Crippen LogP contribution >= 0.6 is 0 Å². The molecular weight excluding hydrogens is 661 g/mol. The normalized spacial score (nSPS) is 14.1. The number of rotatable bonds is 4. The smallest absolute Gasteiger partial charge is 0.0587 e. The van der Waals surface area contributed by atoms with Crippen LogP contribution < -0.4 is 0 Å². The Hall–Kier alpha value is -4.68. The van der Waals surface area contributed by atoms with Gasteiger partial charge in [0.2, 0.25) is 0 Å². The van der Waals surface area contributed by atoms with Gasteiger partial charge in [0.05, 0.1) is 5.41 Å². The van der Waals surface area contributed by atoms with Crippen LogP contribution in [0.5, 0.6) is 0 Å². The Morgan fingerprint density at radius 2 is 0.600 bits per heavy atom. The van der Waals surface area contributed by atoms with Gasteiger partial charge in [-0.1, -0.05) is 216 Å². The molecule has 0 radical (unpaired) electrons. The fourth-order valence-corrected chi connectivity index (χ4v) is 8.49. The summed E-state index contributed by atoms with van der Waals surface area (Å²) in [4.78, 5) is 0. The van der Waals surface area contributed by atoms with E-state index in [1.54, 1.807) is 0 Å². The second kappa shape index (κ2) is 13.2. The Morgan fingerprint density at radius 3 is 0.873 bits per heavy atom. The second-order valence-electron chi connectivity index (χ2n) is 20.6. The lowest BCUT2D eigenvalue weighted by Crippen LogP contribution is -2.28. The molecule has 0 unspecified atom stereocenters. The van der Waals surface area contributed by atoms with Crippen LogP contribution in [0.4, 0.5) is 0 Å². The minimum Gasteiger partial charge on any atom is -0.0587 e. The molecule has 0 spiro atoms. The Labute approximate surface area is 333 Å². The van der Waals surface area contributed by atoms with Crippen LogP contribution in [0.2, 0.25) is 0 Å². The van der Waals surface area contributed by atoms with Gasteiger partial charge in [-0.3, -0.25) is 0 Å². The molecule has 0 atom stereocenters. The van der Waals surface area contributed by atoms with E-state index in [9.17, 15) is 0 Å². The predicted molar refractivity (Wildman–Crippen MR) is 239 cm³/mol. The number of benzene rings is 6. The van der Waals surface area contributed by atoms with E-state index in [-0.39, 0.29) is 21.7 Å². The van der Waals surface area contributed by atoms with E-state index in [0.29, 0.717) is 0 Å². The number of fused-ring (bicyclic) bond motifs is 3. The van der Waals surface area contributed by atoms with Crippen LogP contribution in [0.15, 0.2) is 121 Å². The molecule has 0 aliphatic heterocycles. The average molecular weight is 723 g/mol. The van der Waals surface area contributed by atoms with E-state index < -0.39 is 5.41 Å². The van der Waals surface area contributed by atoms with E-state index in [0.717, 1.165) is 0 Å². The molecule has 0 saturated carbocycles. The Kier molecular flexibility index (Phi) is 9.28. The van der Waals surface area contributed by atoms with Gasteiger partial charge in [-0.25, -0.2) is 0 Å². The Balaban J connectivity index is 1.44. The third kappa shape index (κ3) is 7.03. The Morgan fingerprint density at radius 1 is 0.309 bits per heavy atom. The molecule has 0 N–H and O–H groups in total. The monoisotopic (exact) mass is 722 g/mol. The highest BCUT2D eigenvalue weighted by Crippen LogP contribution is 2.57. The standard InChI is InChI=1S/C55H62/c1-35-15-25-47-48-26-16-36(2)28-50(48)55(49(47)27-35,41-21-17-37(18-22-41)39-29-43(51(3,4)5)33-44(30-39)52(6,7)8)42-23-19-38(20-24-42)40-31-45(53(9,10)11)34-46(32-40)54(12,13)14/h15-34H,1-14H3. The van der Waals surface area contributed by atoms with Gasteiger partial charge in [-0.15, -0.1) is 0 Å². The second-order valence-corrected chi connectivity index (χ2v) is 20.6. The van der Waals surface area contributed by atoms with Crippen molar-refractivity contribution in [2.24, 2.45) is 0 Å². The Bertz CT molecular complexity index is 2150. The lowest BCUT2D eigenvalue weighted by molar-refractivity contribution is 0.568. The number of hydrogen-bond acceptors (Lipinski definition) is 0. The highest BCUT2D eigenvalue weighted by atomic mass is 14.5. The van der Waals surface area contributed by atoms with E-state index in [2.05, 4.69) is 218 Å². The van der Waals surface area contributed by atoms with Gasteiger partial charge in [-0.05, 0) is 113 Å². The maximum absolute atomic E-state index is 2.44. The van der Waals surface area contributed by atoms with Crippen molar-refractivity contribution >= 4 is 0 Å². The summed E-state index contributed by atoms with van der Waals surface area (Å²) < 4.78 is 0. The summed E-state index contributed by atoms with van der Waals surface area (Å²) in [5.74, 6) is 0. The van der Waals surface area contributed by atoms with Gasteiger partial charge in [-0.2, -0.15) is 0 Å². The molecule has 1 aliphatic rings. The lowest BCUT2D eigenvalue weighted by atomic mass is 9.67. The van der Waals surface area contributed by atoms with Gasteiger partial charge in [0.15, 0.2) is 0 Å². The van der Waals surface area contributed by atoms with Crippen LogP contribution in [0.1, 0.15) is 139 Å². The first-order valence-corrected chi connectivity index (χ1v) is 20.3. The molecule has 0 heterocycles. The van der Waals surface area contributed by atoms with E-state index in [1.807, 2.05) is 0 Å². The van der Waals surface area contributed by atoms with Gasteiger partial charge < -0.3 is 0 Å². The topological polar surface area (TPSA) is 0 Å². The summed E-state index contributed by atoms with van der Waals surface area (Å²) in [5.41, 5.74) is 20.9. The zero-order valence-electron chi connectivity index (χ0n) is 36.0. The first kappa shape index (κ1) is 38.6. The zero-order valence-corrected chi connectivity index (χ0v) is 36.0. The van der Waals surface area contributed by atoms with Crippen LogP contribution in [-0.2, 0) is 27.1 Å². The zero-order chi connectivity index (χ0) is 39.9. The van der Waals surface area contributed by atoms with E-state index in [4.69, 9.17) is 0 Å². The van der Waals surface area contributed by atoms with E-state index in [1.165, 1.54) is 89.0 Å². The molecule has 6 aromatic carbocycles. The molecule has 7 rings (SSSR count). The molecule has 0 saturated heterocycles. The largest absolute Gasteiger partial charge is 0.0713 e. The quantitative estimate of drug-likeness (QED) is 0.170. The van der Waals surface area contributed by atoms with Gasteiger partial charge in [0, 0.05) is 0 Å². The summed E-state index contributed by atoms with van der Waals surface area (Å²) in [5, 5.41) is 0. The minimum atomic E-state index is -0.465. The molecule has 55 heavy (non-hydrogen) atoms. The summed E-state index contributed by atoms with van der Waals surface area (Å²) in [6.45, 7) is 32.3. The van der Waals surface area contributed by atoms with E-state index >= 15 is 0 Å². The molecule has 0 aromatic heterocycles. The van der Waals surface area contributed by atoms with Crippen molar-refractivity contribution in [1.29, 1.82) is 0 Å². The van der Waals surface area contributed by atoms with Crippen molar-refractivity contribution in [3.63, 3.8) is 0 Å². The number of aryl methyl sites for hydroxylation is 2. The molecule has 0 nitrogen and oxygen atoms in total. The lowest BCUT2D eigenvalue weighted by Gasteiger charge is -2.34. The molecule has 0 amide bonds. The van der Waals surface area contributed by atoms with Gasteiger partial charge in [0.25, 0.3) is 0 Å². The van der Waals surface area contributed by atoms with Crippen molar-refractivity contribution in [3.05, 3.63) is 177 Å². The van der Waals surface area contributed by atoms with Crippen LogP contribution in [-0.4, -0.2) is 0 Å². The first-order chi connectivity index (χ1) is 25.6. The third-order valence-electron chi connectivity index (χ3n) is 12.1. The molecule has 282 valence electrons. The molecule has 6 aromatic rings. The SMILES string of the molecule is Cc1ccc2c(c1)C(c1ccc(-c3cc(C(C)(C)C)cc(C(C)(C)C)c3)cc1)(c1ccc(-c3cc(C(C)(C)C)cc(C(C)(C)C)c3)cc1)c1cc(C)ccc1-2. The van der Waals surface area contributed by atoms with Gasteiger partial charge in [0.1, 0.15) is 0 Å². The summed E-state index contributed by atoms with van der Waals surface area (Å²) in [7, 11) is 0. The van der Waals surface area contributed by atoms with Crippen LogP contribution in [0.25, 0.3) is 33.4 Å². The summed E-state index contributed by atoms with van der Waals surface area (Å²) >= 11 is 0.